The summed E-state index contributed by atoms with van der Waals surface area (Å²) in [5.74, 6) is -0.186. The maximum absolute atomic E-state index is 11.6. The van der Waals surface area contributed by atoms with Gasteiger partial charge in [0.1, 0.15) is 0 Å². The van der Waals surface area contributed by atoms with Crippen LogP contribution in [-0.2, 0) is 0 Å². The van der Waals surface area contributed by atoms with E-state index in [1.54, 1.807) is 24.3 Å². The topological polar surface area (TPSA) is 42.2 Å². The van der Waals surface area contributed by atoms with Crippen LogP contribution in [0.3, 0.4) is 0 Å². The van der Waals surface area contributed by atoms with E-state index >= 15 is 0 Å². The number of carbonyl (C=O) groups excluding carboxylic acids is 1. The summed E-state index contributed by atoms with van der Waals surface area (Å²) < 4.78 is 4.97. The Morgan fingerprint density at radius 1 is 1.06 bits per heavy atom. The Hall–Kier alpha value is -1.45. The van der Waals surface area contributed by atoms with Crippen molar-refractivity contribution in [2.45, 2.75) is 0 Å². The van der Waals surface area contributed by atoms with Crippen molar-refractivity contribution in [1.29, 1.82) is 0 Å². The molecule has 1 aromatic carbocycles. The number of hydrogen-bond donors (Lipinski definition) is 1. The van der Waals surface area contributed by atoms with E-state index in [1.807, 2.05) is 0 Å². The van der Waals surface area contributed by atoms with E-state index in [4.69, 9.17) is 27.6 Å². The molecule has 0 spiro atoms. The molecule has 0 saturated carbocycles. The van der Waals surface area contributed by atoms with Gasteiger partial charge in [0.15, 0.2) is 11.0 Å². The van der Waals surface area contributed by atoms with E-state index in [1.165, 1.54) is 12.1 Å². The number of nitrogens with one attached hydrogen (secondary N) is 1. The Labute approximate surface area is 102 Å². The van der Waals surface area contributed by atoms with Gasteiger partial charge in [-0.2, -0.15) is 0 Å². The second kappa shape index (κ2) is 4.60. The first kappa shape index (κ1) is 11.0. The molecule has 82 valence electrons. The lowest BCUT2D eigenvalue weighted by atomic mass is 10.3. The summed E-state index contributed by atoms with van der Waals surface area (Å²) in [6.07, 6.45) is 0. The van der Waals surface area contributed by atoms with Crippen LogP contribution in [0, 0.1) is 0 Å². The van der Waals surface area contributed by atoms with E-state index in [0.29, 0.717) is 10.7 Å². The van der Waals surface area contributed by atoms with E-state index in [2.05, 4.69) is 5.32 Å². The molecule has 0 radical (unpaired) electrons. The highest BCUT2D eigenvalue weighted by Gasteiger charge is 2.10. The van der Waals surface area contributed by atoms with Crippen LogP contribution in [0.25, 0.3) is 0 Å². The van der Waals surface area contributed by atoms with Crippen LogP contribution >= 0.6 is 23.2 Å². The second-order valence-corrected chi connectivity index (χ2v) is 3.87. The summed E-state index contributed by atoms with van der Waals surface area (Å²) in [5.41, 5.74) is 0.641. The lowest BCUT2D eigenvalue weighted by Crippen LogP contribution is -2.10. The van der Waals surface area contributed by atoms with Crippen molar-refractivity contribution in [1.82, 2.24) is 0 Å². The number of furan rings is 1. The molecule has 1 heterocycles. The van der Waals surface area contributed by atoms with Gasteiger partial charge in [0.2, 0.25) is 0 Å². The smallest absolute Gasteiger partial charge is 0.291 e. The maximum Gasteiger partial charge on any atom is 0.291 e. The Morgan fingerprint density at radius 3 is 2.31 bits per heavy atom. The molecule has 1 amide bonds. The maximum atomic E-state index is 11.6. The molecule has 5 heteroatoms. The van der Waals surface area contributed by atoms with Gasteiger partial charge < -0.3 is 9.73 Å². The van der Waals surface area contributed by atoms with Gasteiger partial charge in [-0.1, -0.05) is 11.6 Å². The summed E-state index contributed by atoms with van der Waals surface area (Å²) in [4.78, 5) is 11.6. The molecule has 0 aliphatic carbocycles. The van der Waals surface area contributed by atoms with Crippen molar-refractivity contribution in [2.75, 3.05) is 5.32 Å². The van der Waals surface area contributed by atoms with Crippen molar-refractivity contribution in [3.63, 3.8) is 0 Å². The lowest BCUT2D eigenvalue weighted by molar-refractivity contribution is 0.0997. The van der Waals surface area contributed by atoms with Crippen LogP contribution in [-0.4, -0.2) is 5.91 Å². The first-order valence-corrected chi connectivity index (χ1v) is 5.23. The quantitative estimate of drug-likeness (QED) is 0.886. The van der Waals surface area contributed by atoms with E-state index in [-0.39, 0.29) is 16.9 Å². The van der Waals surface area contributed by atoms with Gasteiger partial charge in [0, 0.05) is 10.7 Å². The summed E-state index contributed by atoms with van der Waals surface area (Å²) in [7, 11) is 0. The molecule has 0 saturated heterocycles. The molecule has 0 fully saturated rings. The monoisotopic (exact) mass is 255 g/mol. The van der Waals surface area contributed by atoms with Crippen LogP contribution < -0.4 is 5.32 Å². The molecule has 2 aromatic rings. The zero-order chi connectivity index (χ0) is 11.5. The van der Waals surface area contributed by atoms with Gasteiger partial charge in [-0.3, -0.25) is 4.79 Å². The number of amides is 1. The van der Waals surface area contributed by atoms with Gasteiger partial charge in [-0.25, -0.2) is 0 Å². The average molecular weight is 256 g/mol. The number of halogens is 2. The summed E-state index contributed by atoms with van der Waals surface area (Å²) in [6, 6.07) is 9.79. The fourth-order valence-corrected chi connectivity index (χ4v) is 1.43. The molecule has 0 bridgehead atoms. The molecule has 1 aromatic heterocycles. The number of carbonyl (C=O) groups is 1. The molecule has 16 heavy (non-hydrogen) atoms. The molecule has 0 aliphatic heterocycles. The highest BCUT2D eigenvalue weighted by molar-refractivity contribution is 6.30. The first-order valence-electron chi connectivity index (χ1n) is 4.47. The predicted molar refractivity (Wildman–Crippen MR) is 63.1 cm³/mol. The Bertz CT molecular complexity index is 505. The molecule has 2 rings (SSSR count). The first-order chi connectivity index (χ1) is 7.65. The minimum absolute atomic E-state index is 0.167. The molecule has 0 atom stereocenters. The Kier molecular flexibility index (Phi) is 3.17. The van der Waals surface area contributed by atoms with Gasteiger partial charge in [-0.05, 0) is 48.0 Å². The highest BCUT2D eigenvalue weighted by atomic mass is 35.5. The third-order valence-electron chi connectivity index (χ3n) is 1.90. The molecule has 3 nitrogen and oxygen atoms in total. The third kappa shape index (κ3) is 2.56. The largest absolute Gasteiger partial charge is 0.440 e. The van der Waals surface area contributed by atoms with E-state index in [0.717, 1.165) is 0 Å². The molecular weight excluding hydrogens is 249 g/mol. The summed E-state index contributed by atoms with van der Waals surface area (Å²) in [5, 5.41) is 3.44. The minimum atomic E-state index is -0.353. The van der Waals surface area contributed by atoms with Gasteiger partial charge >= 0.3 is 0 Å². The van der Waals surface area contributed by atoms with Gasteiger partial charge in [-0.15, -0.1) is 0 Å². The van der Waals surface area contributed by atoms with Crippen LogP contribution in [0.15, 0.2) is 40.8 Å². The third-order valence-corrected chi connectivity index (χ3v) is 2.35. The van der Waals surface area contributed by atoms with E-state index in [9.17, 15) is 4.79 Å². The number of hydrogen-bond acceptors (Lipinski definition) is 2. The zero-order valence-electron chi connectivity index (χ0n) is 8.04. The molecule has 1 N–H and O–H groups in total. The second-order valence-electron chi connectivity index (χ2n) is 3.06. The van der Waals surface area contributed by atoms with Crippen LogP contribution in [0.2, 0.25) is 10.2 Å². The zero-order valence-corrected chi connectivity index (χ0v) is 9.55. The minimum Gasteiger partial charge on any atom is -0.440 e. The highest BCUT2D eigenvalue weighted by Crippen LogP contribution is 2.17. The molecule has 0 unspecified atom stereocenters. The van der Waals surface area contributed by atoms with Gasteiger partial charge in [0.05, 0.1) is 0 Å². The van der Waals surface area contributed by atoms with Crippen LogP contribution in [0.4, 0.5) is 5.69 Å². The van der Waals surface area contributed by atoms with Crippen molar-refractivity contribution in [3.05, 3.63) is 52.4 Å². The lowest BCUT2D eigenvalue weighted by Gasteiger charge is -2.02. The van der Waals surface area contributed by atoms with Crippen molar-refractivity contribution < 1.29 is 9.21 Å². The number of anilines is 1. The number of rotatable bonds is 2. The molecular formula is C11H7Cl2NO2. The van der Waals surface area contributed by atoms with Crippen molar-refractivity contribution in [2.24, 2.45) is 0 Å². The average Bonchev–Trinajstić information content (AvgIpc) is 2.68. The SMILES string of the molecule is O=C(Nc1ccc(Cl)cc1)c1ccc(Cl)o1. The standard InChI is InChI=1S/C11H7Cl2NO2/c12-7-1-3-8(4-2-7)14-11(15)9-5-6-10(13)16-9/h1-6H,(H,14,15). The predicted octanol–water partition coefficient (Wildman–Crippen LogP) is 3.84. The molecule has 0 aliphatic rings. The Morgan fingerprint density at radius 2 is 1.75 bits per heavy atom. The fourth-order valence-electron chi connectivity index (χ4n) is 1.16. The van der Waals surface area contributed by atoms with E-state index < -0.39 is 0 Å². The van der Waals surface area contributed by atoms with Crippen LogP contribution in [0.1, 0.15) is 10.6 Å². The van der Waals surface area contributed by atoms with Crippen molar-refractivity contribution in [3.8, 4) is 0 Å². The van der Waals surface area contributed by atoms with Crippen molar-refractivity contribution >= 4 is 34.8 Å². The summed E-state index contributed by atoms with van der Waals surface area (Å²) >= 11 is 11.3. The Balaban J connectivity index is 2.10. The summed E-state index contributed by atoms with van der Waals surface area (Å²) in [6.45, 7) is 0. The fraction of sp³-hybridized carbons (Fsp3) is 0. The normalized spacial score (nSPS) is 10.1. The van der Waals surface area contributed by atoms with Crippen LogP contribution in [0.5, 0.6) is 0 Å². The number of benzene rings is 1. The van der Waals surface area contributed by atoms with Gasteiger partial charge in [0.25, 0.3) is 5.91 Å².